The van der Waals surface area contributed by atoms with Crippen LogP contribution in [0.15, 0.2) is 65.2 Å². The Hall–Kier alpha value is -4.27. The fourth-order valence-corrected chi connectivity index (χ4v) is 3.09. The van der Waals surface area contributed by atoms with Crippen LogP contribution in [-0.2, 0) is 6.42 Å². The number of rotatable bonds is 7. The summed E-state index contributed by atoms with van der Waals surface area (Å²) in [7, 11) is 3.42. The fourth-order valence-electron chi connectivity index (χ4n) is 3.09. The highest BCUT2D eigenvalue weighted by Gasteiger charge is 2.16. The van der Waals surface area contributed by atoms with Gasteiger partial charge in [0.2, 0.25) is 0 Å². The highest BCUT2D eigenvalue weighted by atomic mass is 16.4. The molecule has 0 aliphatic rings. The monoisotopic (exact) mass is 435 g/mol. The number of benzene rings is 2. The number of carbonyl (C=O) groups is 1. The summed E-state index contributed by atoms with van der Waals surface area (Å²) in [5, 5.41) is 11.2. The van der Waals surface area contributed by atoms with E-state index in [1.54, 1.807) is 32.4 Å². The minimum atomic E-state index is -0.0706. The van der Waals surface area contributed by atoms with Crippen LogP contribution in [0.25, 0.3) is 22.8 Å². The molecule has 9 nitrogen and oxygen atoms in total. The van der Waals surface area contributed by atoms with Crippen LogP contribution >= 0.6 is 0 Å². The Labute approximate surface area is 189 Å². The second-order valence-corrected chi connectivity index (χ2v) is 7.34. The van der Waals surface area contributed by atoms with Crippen molar-refractivity contribution in [3.63, 3.8) is 0 Å². The van der Waals surface area contributed by atoms with Crippen LogP contribution in [0.5, 0.6) is 0 Å². The van der Waals surface area contributed by atoms with Crippen molar-refractivity contribution in [2.75, 3.05) is 31.7 Å². The van der Waals surface area contributed by atoms with Gasteiger partial charge in [-0.25, -0.2) is 9.97 Å². The van der Waals surface area contributed by atoms with E-state index in [2.05, 4.69) is 37.6 Å². The molecule has 0 saturated heterocycles. The number of anilines is 2. The standard InChI is InChI=1S/C23H23N7O2.3H2/c1-30(2)22(31)17-10-8-16(9-11-17)18-14-26-20(24)19(27-18)21-28-29-23(32-21)25-13-12-15-6-4-3-5-7-15;;;/h3-11,14H,12-13H2,1-2H3,(H2,24,26)(H,25,29);3*1H. The van der Waals surface area contributed by atoms with Crippen LogP contribution in [0.4, 0.5) is 11.8 Å². The number of aromatic nitrogens is 4. The molecule has 3 N–H and O–H groups in total. The average molecular weight is 436 g/mol. The third-order valence-electron chi connectivity index (χ3n) is 4.79. The number of nitrogens with zero attached hydrogens (tertiary/aromatic N) is 5. The Kier molecular flexibility index (Phi) is 6.07. The second-order valence-electron chi connectivity index (χ2n) is 7.34. The zero-order chi connectivity index (χ0) is 22.5. The van der Waals surface area contributed by atoms with E-state index in [-0.39, 0.29) is 27.9 Å². The maximum absolute atomic E-state index is 12.1. The molecule has 1 amide bonds. The number of carbonyl (C=O) groups excluding carboxylic acids is 1. The van der Waals surface area contributed by atoms with E-state index in [0.29, 0.717) is 23.5 Å². The summed E-state index contributed by atoms with van der Waals surface area (Å²) < 4.78 is 5.69. The van der Waals surface area contributed by atoms with Crippen LogP contribution in [0.2, 0.25) is 0 Å². The van der Waals surface area contributed by atoms with Crippen molar-refractivity contribution in [1.29, 1.82) is 0 Å². The van der Waals surface area contributed by atoms with E-state index in [4.69, 9.17) is 10.2 Å². The summed E-state index contributed by atoms with van der Waals surface area (Å²) in [4.78, 5) is 22.4. The summed E-state index contributed by atoms with van der Waals surface area (Å²) >= 11 is 0. The average Bonchev–Trinajstić information content (AvgIpc) is 3.28. The Morgan fingerprint density at radius 3 is 2.56 bits per heavy atom. The topological polar surface area (TPSA) is 123 Å². The molecule has 0 bridgehead atoms. The van der Waals surface area contributed by atoms with E-state index in [9.17, 15) is 4.79 Å². The van der Waals surface area contributed by atoms with Crippen molar-refractivity contribution in [2.45, 2.75) is 6.42 Å². The summed E-state index contributed by atoms with van der Waals surface area (Å²) in [6, 6.07) is 17.5. The molecule has 0 radical (unpaired) electrons. The molecule has 32 heavy (non-hydrogen) atoms. The predicted octanol–water partition coefficient (Wildman–Crippen LogP) is 3.87. The number of hydrogen-bond donors (Lipinski definition) is 2. The van der Waals surface area contributed by atoms with E-state index in [1.807, 2.05) is 30.3 Å². The number of nitrogen functional groups attached to an aromatic ring is 1. The molecule has 2 aromatic carbocycles. The molecule has 0 saturated carbocycles. The largest absolute Gasteiger partial charge is 0.402 e. The van der Waals surface area contributed by atoms with Gasteiger partial charge in [0.15, 0.2) is 11.5 Å². The van der Waals surface area contributed by atoms with Gasteiger partial charge in [-0.1, -0.05) is 47.6 Å². The van der Waals surface area contributed by atoms with E-state index < -0.39 is 0 Å². The van der Waals surface area contributed by atoms with E-state index in [1.165, 1.54) is 10.5 Å². The summed E-state index contributed by atoms with van der Waals surface area (Å²) in [5.41, 5.74) is 9.48. The van der Waals surface area contributed by atoms with Crippen LogP contribution in [-0.4, -0.2) is 51.6 Å². The first-order chi connectivity index (χ1) is 15.5. The number of hydrogen-bond acceptors (Lipinski definition) is 8. The molecule has 168 valence electrons. The molecule has 0 spiro atoms. The molecule has 2 heterocycles. The number of nitrogens with one attached hydrogen (secondary N) is 1. The third kappa shape index (κ3) is 4.72. The van der Waals surface area contributed by atoms with Gasteiger partial charge in [0.25, 0.3) is 11.8 Å². The minimum absolute atomic E-state index is 0. The summed E-state index contributed by atoms with van der Waals surface area (Å²) in [5.74, 6) is 0.296. The molecule has 2 aromatic heterocycles. The third-order valence-corrected chi connectivity index (χ3v) is 4.79. The summed E-state index contributed by atoms with van der Waals surface area (Å²) in [6.45, 7) is 0.644. The quantitative estimate of drug-likeness (QED) is 0.448. The SMILES string of the molecule is CN(C)C(=O)c1ccc(-c2cnc(N)c(-c3nnc(NCCc4ccccc4)o3)n2)cc1.[HH].[HH].[HH]. The molecule has 0 aliphatic carbocycles. The van der Waals surface area contributed by atoms with Crippen molar-refractivity contribution >= 4 is 17.7 Å². The maximum Gasteiger partial charge on any atom is 0.315 e. The zero-order valence-electron chi connectivity index (χ0n) is 17.8. The normalized spacial score (nSPS) is 10.7. The minimum Gasteiger partial charge on any atom is -0.402 e. The highest BCUT2D eigenvalue weighted by Crippen LogP contribution is 2.26. The van der Waals surface area contributed by atoms with Gasteiger partial charge in [-0.2, -0.15) is 0 Å². The molecule has 4 aromatic rings. The lowest BCUT2D eigenvalue weighted by Gasteiger charge is -2.10. The Bertz CT molecular complexity index is 1220. The van der Waals surface area contributed by atoms with Gasteiger partial charge in [-0.05, 0) is 24.1 Å². The van der Waals surface area contributed by atoms with Crippen molar-refractivity contribution in [3.05, 3.63) is 71.9 Å². The second kappa shape index (κ2) is 9.25. The van der Waals surface area contributed by atoms with Gasteiger partial charge in [0.05, 0.1) is 11.9 Å². The first kappa shape index (κ1) is 21.0. The van der Waals surface area contributed by atoms with Gasteiger partial charge < -0.3 is 20.4 Å². The smallest absolute Gasteiger partial charge is 0.315 e. The predicted molar refractivity (Wildman–Crippen MR) is 128 cm³/mol. The molecule has 4 rings (SSSR count). The molecule has 0 fully saturated rings. The van der Waals surface area contributed by atoms with Crippen LogP contribution in [0, 0.1) is 0 Å². The molecule has 0 aliphatic heterocycles. The first-order valence-corrected chi connectivity index (χ1v) is 10.1. The van der Waals surface area contributed by atoms with E-state index in [0.717, 1.165) is 12.0 Å². The number of amides is 1. The van der Waals surface area contributed by atoms with Crippen LogP contribution in [0.3, 0.4) is 0 Å². The molecule has 0 unspecified atom stereocenters. The molecular weight excluding hydrogens is 406 g/mol. The first-order valence-electron chi connectivity index (χ1n) is 10.1. The van der Waals surface area contributed by atoms with Gasteiger partial charge in [-0.3, -0.25) is 4.79 Å². The number of nitrogens with two attached hydrogens (primary N) is 1. The zero-order valence-corrected chi connectivity index (χ0v) is 17.8. The lowest BCUT2D eigenvalue weighted by atomic mass is 10.1. The lowest BCUT2D eigenvalue weighted by molar-refractivity contribution is 0.0827. The molecule has 0 atom stereocenters. The van der Waals surface area contributed by atoms with Crippen molar-refractivity contribution in [3.8, 4) is 22.8 Å². The Morgan fingerprint density at radius 2 is 1.84 bits per heavy atom. The lowest BCUT2D eigenvalue weighted by Crippen LogP contribution is -2.21. The van der Waals surface area contributed by atoms with Crippen LogP contribution in [0.1, 0.15) is 20.2 Å². The van der Waals surface area contributed by atoms with Gasteiger partial charge in [-0.15, -0.1) is 5.10 Å². The van der Waals surface area contributed by atoms with Gasteiger partial charge >= 0.3 is 6.01 Å². The van der Waals surface area contributed by atoms with Crippen LogP contribution < -0.4 is 11.1 Å². The molecule has 9 heteroatoms. The Morgan fingerprint density at radius 1 is 1.09 bits per heavy atom. The molecular formula is C23H29N7O2. The Balaban J connectivity index is 0.00000204. The highest BCUT2D eigenvalue weighted by molar-refractivity contribution is 5.94. The van der Waals surface area contributed by atoms with E-state index >= 15 is 0 Å². The van der Waals surface area contributed by atoms with Crippen molar-refractivity contribution in [2.24, 2.45) is 0 Å². The van der Waals surface area contributed by atoms with Crippen molar-refractivity contribution < 1.29 is 13.5 Å². The van der Waals surface area contributed by atoms with Gasteiger partial charge in [0.1, 0.15) is 0 Å². The maximum atomic E-state index is 12.1. The van der Waals surface area contributed by atoms with Crippen molar-refractivity contribution in [1.82, 2.24) is 25.1 Å². The summed E-state index contributed by atoms with van der Waals surface area (Å²) in [6.07, 6.45) is 2.39. The fraction of sp³-hybridized carbons (Fsp3) is 0.174. The van der Waals surface area contributed by atoms with Gasteiger partial charge in [0, 0.05) is 36.0 Å².